The molecule has 0 bridgehead atoms. The van der Waals surface area contributed by atoms with Crippen LogP contribution in [0.25, 0.3) is 0 Å². The molecule has 3 aliphatic heterocycles. The number of amides is 1. The average Bonchev–Trinajstić information content (AvgIpc) is 2.77. The Labute approximate surface area is 183 Å². The van der Waals surface area contributed by atoms with Gasteiger partial charge in [0.1, 0.15) is 23.3 Å². The molecular weight excluding hydrogens is 396 g/mol. The molecule has 9 heteroatoms. The molecule has 1 amide bonds. The highest BCUT2D eigenvalue weighted by molar-refractivity contribution is 5.70. The van der Waals surface area contributed by atoms with Crippen molar-refractivity contribution < 1.29 is 14.3 Å². The molecule has 1 aromatic heterocycles. The van der Waals surface area contributed by atoms with Crippen molar-refractivity contribution in [3.8, 4) is 6.07 Å². The summed E-state index contributed by atoms with van der Waals surface area (Å²) in [7, 11) is 0. The number of nitriles is 1. The maximum absolute atomic E-state index is 12.4. The first kappa shape index (κ1) is 21.7. The van der Waals surface area contributed by atoms with Gasteiger partial charge >= 0.3 is 6.09 Å². The van der Waals surface area contributed by atoms with E-state index in [1.807, 2.05) is 20.8 Å². The summed E-state index contributed by atoms with van der Waals surface area (Å²) >= 11 is 0. The number of carbonyl (C=O) groups excluding carboxylic acids is 1. The molecule has 4 heterocycles. The van der Waals surface area contributed by atoms with E-state index in [1.54, 1.807) is 4.90 Å². The van der Waals surface area contributed by atoms with Gasteiger partial charge in [-0.15, -0.1) is 0 Å². The quantitative estimate of drug-likeness (QED) is 0.757. The number of anilines is 2. The molecule has 168 valence electrons. The van der Waals surface area contributed by atoms with Crippen molar-refractivity contribution in [3.05, 3.63) is 16.7 Å². The molecule has 0 atom stereocenters. The molecule has 0 spiro atoms. The van der Waals surface area contributed by atoms with Gasteiger partial charge in [-0.25, -0.2) is 9.78 Å². The summed E-state index contributed by atoms with van der Waals surface area (Å²) in [6, 6.07) is 2.42. The van der Waals surface area contributed by atoms with Crippen LogP contribution in [0.15, 0.2) is 0 Å². The number of hydrogen-bond donors (Lipinski definition) is 1. The zero-order valence-electron chi connectivity index (χ0n) is 18.7. The molecule has 1 aromatic rings. The Hall–Kier alpha value is -2.57. The monoisotopic (exact) mass is 428 g/mol. The number of rotatable bonds is 2. The molecule has 0 aliphatic carbocycles. The van der Waals surface area contributed by atoms with Gasteiger partial charge in [0, 0.05) is 51.4 Å². The maximum atomic E-state index is 12.4. The number of morpholine rings is 1. The Bertz CT molecular complexity index is 861. The second-order valence-corrected chi connectivity index (χ2v) is 9.18. The van der Waals surface area contributed by atoms with Gasteiger partial charge in [0.25, 0.3) is 0 Å². The summed E-state index contributed by atoms with van der Waals surface area (Å²) in [6.07, 6.45) is 0.585. The number of ether oxygens (including phenoxy) is 2. The van der Waals surface area contributed by atoms with Gasteiger partial charge in [0.2, 0.25) is 0 Å². The van der Waals surface area contributed by atoms with Crippen molar-refractivity contribution in [2.24, 2.45) is 0 Å². The van der Waals surface area contributed by atoms with Gasteiger partial charge in [-0.05, 0) is 39.3 Å². The lowest BCUT2D eigenvalue weighted by atomic mass is 9.96. The SMILES string of the molecule is CC(C)(C)OC(=O)N1CCN(c2nc(N3CCOCC3)c(C#N)c3c2CCNC3)CC1. The molecule has 4 rings (SSSR count). The van der Waals surface area contributed by atoms with E-state index in [0.717, 1.165) is 48.8 Å². The third kappa shape index (κ3) is 4.70. The van der Waals surface area contributed by atoms with Crippen LogP contribution in [-0.4, -0.2) is 80.6 Å². The third-order valence-corrected chi connectivity index (χ3v) is 5.88. The van der Waals surface area contributed by atoms with Crippen LogP contribution in [0.2, 0.25) is 0 Å². The van der Waals surface area contributed by atoms with Gasteiger partial charge in [0.05, 0.1) is 18.8 Å². The molecule has 0 radical (unpaired) electrons. The highest BCUT2D eigenvalue weighted by Gasteiger charge is 2.31. The first-order chi connectivity index (χ1) is 14.9. The molecule has 2 fully saturated rings. The fourth-order valence-corrected chi connectivity index (χ4v) is 4.34. The standard InChI is InChI=1S/C22H32N6O3/c1-22(2,3)31-21(29)28-8-6-26(7-9-28)19-16-4-5-24-15-18(16)17(14-23)20(25-19)27-10-12-30-13-11-27/h24H,4-13,15H2,1-3H3. The molecule has 9 nitrogen and oxygen atoms in total. The number of nitrogens with one attached hydrogen (secondary N) is 1. The lowest BCUT2D eigenvalue weighted by molar-refractivity contribution is 0.0240. The van der Waals surface area contributed by atoms with Crippen LogP contribution in [0.5, 0.6) is 0 Å². The van der Waals surface area contributed by atoms with Crippen LogP contribution >= 0.6 is 0 Å². The van der Waals surface area contributed by atoms with Crippen LogP contribution in [0, 0.1) is 11.3 Å². The summed E-state index contributed by atoms with van der Waals surface area (Å²) in [5.41, 5.74) is 2.41. The van der Waals surface area contributed by atoms with Gasteiger partial charge in [-0.3, -0.25) is 0 Å². The van der Waals surface area contributed by atoms with Crippen LogP contribution in [0.3, 0.4) is 0 Å². The summed E-state index contributed by atoms with van der Waals surface area (Å²) in [6.45, 7) is 12.6. The first-order valence-corrected chi connectivity index (χ1v) is 11.1. The predicted molar refractivity (Wildman–Crippen MR) is 117 cm³/mol. The average molecular weight is 429 g/mol. The van der Waals surface area contributed by atoms with E-state index in [2.05, 4.69) is 21.2 Å². The van der Waals surface area contributed by atoms with E-state index in [9.17, 15) is 10.1 Å². The molecular formula is C22H32N6O3. The maximum Gasteiger partial charge on any atom is 0.410 e. The van der Waals surface area contributed by atoms with E-state index < -0.39 is 5.60 Å². The van der Waals surface area contributed by atoms with E-state index in [0.29, 0.717) is 51.5 Å². The molecule has 0 saturated carbocycles. The number of fused-ring (bicyclic) bond motifs is 1. The van der Waals surface area contributed by atoms with Gasteiger partial charge in [-0.2, -0.15) is 5.26 Å². The van der Waals surface area contributed by atoms with Crippen molar-refractivity contribution in [2.45, 2.75) is 39.3 Å². The highest BCUT2D eigenvalue weighted by atomic mass is 16.6. The van der Waals surface area contributed by atoms with E-state index >= 15 is 0 Å². The minimum absolute atomic E-state index is 0.264. The van der Waals surface area contributed by atoms with E-state index in [4.69, 9.17) is 14.5 Å². The van der Waals surface area contributed by atoms with Gasteiger partial charge < -0.3 is 29.5 Å². The summed E-state index contributed by atoms with van der Waals surface area (Å²) < 4.78 is 11.0. The first-order valence-electron chi connectivity index (χ1n) is 11.1. The topological polar surface area (TPSA) is 94.0 Å². The molecule has 0 aromatic carbocycles. The van der Waals surface area contributed by atoms with Crippen LogP contribution in [0.1, 0.15) is 37.5 Å². The van der Waals surface area contributed by atoms with Crippen molar-refractivity contribution in [1.29, 1.82) is 5.26 Å². The smallest absolute Gasteiger partial charge is 0.410 e. The minimum Gasteiger partial charge on any atom is -0.444 e. The second kappa shape index (κ2) is 8.89. The molecule has 0 unspecified atom stereocenters. The van der Waals surface area contributed by atoms with Crippen molar-refractivity contribution in [3.63, 3.8) is 0 Å². The van der Waals surface area contributed by atoms with E-state index in [-0.39, 0.29) is 6.09 Å². The van der Waals surface area contributed by atoms with Crippen LogP contribution in [-0.2, 0) is 22.4 Å². The summed E-state index contributed by atoms with van der Waals surface area (Å²) in [4.78, 5) is 23.7. The van der Waals surface area contributed by atoms with E-state index in [1.165, 1.54) is 0 Å². The van der Waals surface area contributed by atoms with Crippen LogP contribution in [0.4, 0.5) is 16.4 Å². The number of nitrogens with zero attached hydrogens (tertiary/aromatic N) is 5. The third-order valence-electron chi connectivity index (χ3n) is 5.88. The van der Waals surface area contributed by atoms with Crippen molar-refractivity contribution in [2.75, 3.05) is 68.8 Å². The van der Waals surface area contributed by atoms with Crippen molar-refractivity contribution in [1.82, 2.24) is 15.2 Å². The lowest BCUT2D eigenvalue weighted by Gasteiger charge is -2.38. The molecule has 31 heavy (non-hydrogen) atoms. The summed E-state index contributed by atoms with van der Waals surface area (Å²) in [5, 5.41) is 13.4. The number of hydrogen-bond acceptors (Lipinski definition) is 8. The Morgan fingerprint density at radius 1 is 1.06 bits per heavy atom. The number of pyridine rings is 1. The Kier molecular flexibility index (Phi) is 6.21. The lowest BCUT2D eigenvalue weighted by Crippen LogP contribution is -2.51. The highest BCUT2D eigenvalue weighted by Crippen LogP contribution is 2.34. The zero-order chi connectivity index (χ0) is 22.0. The van der Waals surface area contributed by atoms with Gasteiger partial charge in [-0.1, -0.05) is 0 Å². The predicted octanol–water partition coefficient (Wildman–Crippen LogP) is 1.49. The van der Waals surface area contributed by atoms with Crippen LogP contribution < -0.4 is 15.1 Å². The molecule has 1 N–H and O–H groups in total. The normalized spacial score (nSPS) is 19.6. The fourth-order valence-electron chi connectivity index (χ4n) is 4.34. The Morgan fingerprint density at radius 3 is 2.39 bits per heavy atom. The number of aromatic nitrogens is 1. The molecule has 2 saturated heterocycles. The summed E-state index contributed by atoms with van der Waals surface area (Å²) in [5.74, 6) is 1.72. The largest absolute Gasteiger partial charge is 0.444 e. The number of piperazine rings is 1. The van der Waals surface area contributed by atoms with Gasteiger partial charge in [0.15, 0.2) is 0 Å². The Morgan fingerprint density at radius 2 is 1.74 bits per heavy atom. The minimum atomic E-state index is -0.498. The number of carbonyl (C=O) groups is 1. The zero-order valence-corrected chi connectivity index (χ0v) is 18.7. The molecule has 3 aliphatic rings. The van der Waals surface area contributed by atoms with Crippen molar-refractivity contribution >= 4 is 17.7 Å². The second-order valence-electron chi connectivity index (χ2n) is 9.18. The fraction of sp³-hybridized carbons (Fsp3) is 0.682. The Balaban J connectivity index is 1.60.